The minimum Gasteiger partial charge on any atom is -0.497 e. The quantitative estimate of drug-likeness (QED) is 0.710. The lowest BCUT2D eigenvalue weighted by Crippen LogP contribution is -2.30. The van der Waals surface area contributed by atoms with Gasteiger partial charge < -0.3 is 19.9 Å². The van der Waals surface area contributed by atoms with E-state index in [1.165, 1.54) is 0 Å². The second-order valence-corrected chi connectivity index (χ2v) is 5.80. The Kier molecular flexibility index (Phi) is 4.61. The van der Waals surface area contributed by atoms with Gasteiger partial charge in [0, 0.05) is 30.8 Å². The Morgan fingerprint density at radius 2 is 2.35 bits per heavy atom. The summed E-state index contributed by atoms with van der Waals surface area (Å²) >= 11 is 5.23. The molecule has 122 valence electrons. The summed E-state index contributed by atoms with van der Waals surface area (Å²) < 4.78 is 7.83. The zero-order valence-corrected chi connectivity index (χ0v) is 13.7. The number of hydrogen-bond acceptors (Lipinski definition) is 4. The van der Waals surface area contributed by atoms with Crippen LogP contribution in [0, 0.1) is 4.77 Å². The van der Waals surface area contributed by atoms with Gasteiger partial charge in [0.15, 0.2) is 4.77 Å². The number of hydrogen-bond donors (Lipinski definition) is 3. The van der Waals surface area contributed by atoms with E-state index < -0.39 is 0 Å². The van der Waals surface area contributed by atoms with Gasteiger partial charge in [0.05, 0.1) is 7.11 Å². The van der Waals surface area contributed by atoms with Gasteiger partial charge in [-0.25, -0.2) is 4.79 Å². The fraction of sp³-hybridized carbons (Fsp3) is 0.400. The van der Waals surface area contributed by atoms with Crippen LogP contribution in [0.25, 0.3) is 0 Å². The van der Waals surface area contributed by atoms with Crippen LogP contribution >= 0.6 is 12.2 Å². The molecule has 1 aliphatic rings. The Bertz CT molecular complexity index is 750. The number of H-pyrrole nitrogens is 1. The first kappa shape index (κ1) is 15.5. The van der Waals surface area contributed by atoms with Crippen LogP contribution in [-0.4, -0.2) is 34.5 Å². The molecule has 3 N–H and O–H groups in total. The highest BCUT2D eigenvalue weighted by atomic mass is 32.1. The van der Waals surface area contributed by atoms with Gasteiger partial charge in [0.25, 0.3) is 0 Å². The first-order chi connectivity index (χ1) is 11.2. The number of methoxy groups -OCH3 is 1. The Morgan fingerprint density at radius 1 is 1.52 bits per heavy atom. The predicted octanol–water partition coefficient (Wildman–Crippen LogP) is 2.65. The van der Waals surface area contributed by atoms with Gasteiger partial charge in [-0.3, -0.25) is 5.10 Å². The second kappa shape index (κ2) is 6.82. The minimum atomic E-state index is -0.259. The van der Waals surface area contributed by atoms with Gasteiger partial charge in [0.2, 0.25) is 0 Å². The van der Waals surface area contributed by atoms with Crippen LogP contribution in [0.3, 0.4) is 0 Å². The van der Waals surface area contributed by atoms with Gasteiger partial charge in [-0.1, -0.05) is 6.07 Å². The molecule has 1 aromatic heterocycles. The molecule has 23 heavy (non-hydrogen) atoms. The van der Waals surface area contributed by atoms with Crippen LogP contribution in [0.1, 0.15) is 24.7 Å². The molecule has 1 saturated carbocycles. The Balaban J connectivity index is 1.50. The zero-order valence-electron chi connectivity index (χ0n) is 12.8. The van der Waals surface area contributed by atoms with E-state index >= 15 is 0 Å². The van der Waals surface area contributed by atoms with Crippen LogP contribution in [-0.2, 0) is 6.42 Å². The first-order valence-electron chi connectivity index (χ1n) is 7.52. The van der Waals surface area contributed by atoms with Gasteiger partial charge in [-0.2, -0.15) is 5.10 Å². The predicted molar refractivity (Wildman–Crippen MR) is 89.4 cm³/mol. The number of carbonyl (C=O) groups is 1. The summed E-state index contributed by atoms with van der Waals surface area (Å²) in [5.74, 6) is 1.59. The van der Waals surface area contributed by atoms with E-state index in [0.717, 1.165) is 18.7 Å². The van der Waals surface area contributed by atoms with Gasteiger partial charge in [0.1, 0.15) is 11.6 Å². The Labute approximate surface area is 139 Å². The van der Waals surface area contributed by atoms with Crippen molar-refractivity contribution in [2.75, 3.05) is 19.0 Å². The molecular formula is C15H19N5O2S. The highest BCUT2D eigenvalue weighted by Crippen LogP contribution is 2.35. The minimum absolute atomic E-state index is 0.259. The smallest absolute Gasteiger partial charge is 0.319 e. The summed E-state index contributed by atoms with van der Waals surface area (Å²) in [6.45, 7) is 0.488. The molecule has 1 aliphatic carbocycles. The lowest BCUT2D eigenvalue weighted by atomic mass is 10.3. The molecule has 7 nitrogen and oxygen atoms in total. The summed E-state index contributed by atoms with van der Waals surface area (Å²) in [6, 6.07) is 7.43. The summed E-state index contributed by atoms with van der Waals surface area (Å²) in [4.78, 5) is 11.9. The van der Waals surface area contributed by atoms with Gasteiger partial charge in [-0.05, 0) is 37.2 Å². The Morgan fingerprint density at radius 3 is 3.09 bits per heavy atom. The molecule has 0 bridgehead atoms. The van der Waals surface area contributed by atoms with Crippen molar-refractivity contribution in [2.45, 2.75) is 25.3 Å². The third-order valence-electron chi connectivity index (χ3n) is 3.65. The molecular weight excluding hydrogens is 314 g/mol. The molecule has 1 fully saturated rings. The molecule has 8 heteroatoms. The summed E-state index contributed by atoms with van der Waals surface area (Å²) in [5, 5.41) is 12.7. The number of rotatable bonds is 6. The zero-order chi connectivity index (χ0) is 16.2. The van der Waals surface area contributed by atoms with Crippen LogP contribution < -0.4 is 15.4 Å². The largest absolute Gasteiger partial charge is 0.497 e. The summed E-state index contributed by atoms with van der Waals surface area (Å²) in [7, 11) is 1.59. The number of ether oxygens (including phenoxy) is 1. The lowest BCUT2D eigenvalue weighted by Gasteiger charge is -2.09. The van der Waals surface area contributed by atoms with E-state index in [2.05, 4.69) is 25.4 Å². The first-order valence-corrected chi connectivity index (χ1v) is 7.93. The van der Waals surface area contributed by atoms with Crippen molar-refractivity contribution < 1.29 is 9.53 Å². The van der Waals surface area contributed by atoms with Crippen molar-refractivity contribution in [3.05, 3.63) is 34.9 Å². The number of aromatic amines is 1. The number of anilines is 1. The third-order valence-corrected chi connectivity index (χ3v) is 3.94. The fourth-order valence-electron chi connectivity index (χ4n) is 2.39. The molecule has 2 amide bonds. The molecule has 2 aromatic rings. The van der Waals surface area contributed by atoms with Gasteiger partial charge >= 0.3 is 6.03 Å². The van der Waals surface area contributed by atoms with Crippen LogP contribution in [0.5, 0.6) is 5.75 Å². The van der Waals surface area contributed by atoms with Crippen LogP contribution in [0.4, 0.5) is 10.5 Å². The second-order valence-electron chi connectivity index (χ2n) is 5.41. The standard InChI is InChI=1S/C15H19N5O2S/c1-22-12-4-2-3-10(9-12)17-14(21)16-8-7-13-18-19-15(23)20(13)11-5-6-11/h2-4,9,11H,5-8H2,1H3,(H,19,23)(H2,16,17,21). The van der Waals surface area contributed by atoms with E-state index in [1.54, 1.807) is 19.2 Å². The van der Waals surface area contributed by atoms with E-state index in [9.17, 15) is 4.79 Å². The topological polar surface area (TPSA) is 84.0 Å². The molecule has 1 aromatic carbocycles. The lowest BCUT2D eigenvalue weighted by molar-refractivity contribution is 0.252. The number of aromatic nitrogens is 3. The maximum atomic E-state index is 11.9. The van der Waals surface area contributed by atoms with Crippen molar-refractivity contribution in [1.29, 1.82) is 0 Å². The molecule has 0 spiro atoms. The molecule has 1 heterocycles. The Hall–Kier alpha value is -2.35. The van der Waals surface area contributed by atoms with Crippen molar-refractivity contribution in [1.82, 2.24) is 20.1 Å². The number of carbonyl (C=O) groups excluding carboxylic acids is 1. The average Bonchev–Trinajstić information content (AvgIpc) is 3.31. The van der Waals surface area contributed by atoms with Crippen molar-refractivity contribution in [2.24, 2.45) is 0 Å². The molecule has 0 radical (unpaired) electrons. The van der Waals surface area contributed by atoms with Crippen LogP contribution in [0.2, 0.25) is 0 Å². The third kappa shape index (κ3) is 3.89. The maximum absolute atomic E-state index is 11.9. The molecule has 0 unspecified atom stereocenters. The van der Waals surface area contributed by atoms with Crippen molar-refractivity contribution >= 4 is 23.9 Å². The van der Waals surface area contributed by atoms with E-state index in [-0.39, 0.29) is 6.03 Å². The number of nitrogens with one attached hydrogen (secondary N) is 3. The highest BCUT2D eigenvalue weighted by molar-refractivity contribution is 7.71. The van der Waals surface area contributed by atoms with E-state index in [4.69, 9.17) is 17.0 Å². The summed E-state index contributed by atoms with van der Waals surface area (Å²) in [5.41, 5.74) is 0.683. The number of benzene rings is 1. The molecule has 0 aliphatic heterocycles. The fourth-order valence-corrected chi connectivity index (χ4v) is 2.69. The van der Waals surface area contributed by atoms with Crippen molar-refractivity contribution in [3.8, 4) is 5.75 Å². The average molecular weight is 333 g/mol. The number of urea groups is 1. The summed E-state index contributed by atoms with van der Waals surface area (Å²) in [6.07, 6.45) is 2.92. The van der Waals surface area contributed by atoms with Crippen LogP contribution in [0.15, 0.2) is 24.3 Å². The van der Waals surface area contributed by atoms with Crippen molar-refractivity contribution in [3.63, 3.8) is 0 Å². The van der Waals surface area contributed by atoms with E-state index in [1.807, 2.05) is 12.1 Å². The maximum Gasteiger partial charge on any atom is 0.319 e. The SMILES string of the molecule is COc1cccc(NC(=O)NCCc2n[nH]c(=S)n2C2CC2)c1. The molecule has 0 atom stereocenters. The number of nitrogens with zero attached hydrogens (tertiary/aromatic N) is 2. The monoisotopic (exact) mass is 333 g/mol. The number of amides is 2. The van der Waals surface area contributed by atoms with Gasteiger partial charge in [-0.15, -0.1) is 0 Å². The highest BCUT2D eigenvalue weighted by Gasteiger charge is 2.26. The molecule has 3 rings (SSSR count). The normalized spacial score (nSPS) is 13.6. The molecule has 0 saturated heterocycles. The van der Waals surface area contributed by atoms with E-state index in [0.29, 0.717) is 35.2 Å².